The monoisotopic (exact) mass is 285 g/mol. The molecule has 0 heterocycles. The zero-order valence-corrected chi connectivity index (χ0v) is 11.3. The molecular weight excluding hydrogens is 270 g/mol. The van der Waals surface area contributed by atoms with Crippen molar-refractivity contribution in [2.75, 3.05) is 21.3 Å². The number of hydrogen-bond donors (Lipinski definition) is 1. The molecule has 3 nitrogen and oxygen atoms in total. The fraction of sp³-hybridized carbons (Fsp3) is 0.500. The van der Waals surface area contributed by atoms with Gasteiger partial charge in [0.25, 0.3) is 0 Å². The molecular formula is C12H16BrNO2. The number of methoxy groups -OCH3 is 2. The van der Waals surface area contributed by atoms with Crippen LogP contribution in [0.3, 0.4) is 0 Å². The molecule has 1 aromatic rings. The first-order valence-electron chi connectivity index (χ1n) is 5.28. The Balaban J connectivity index is 2.54. The van der Waals surface area contributed by atoms with Crippen LogP contribution in [0.4, 0.5) is 0 Å². The van der Waals surface area contributed by atoms with Crippen LogP contribution in [0.1, 0.15) is 18.4 Å². The van der Waals surface area contributed by atoms with E-state index in [9.17, 15) is 0 Å². The fourth-order valence-electron chi connectivity index (χ4n) is 2.07. The highest BCUT2D eigenvalue weighted by molar-refractivity contribution is 9.10. The van der Waals surface area contributed by atoms with Crippen molar-refractivity contribution in [1.29, 1.82) is 0 Å². The van der Waals surface area contributed by atoms with Gasteiger partial charge in [-0.3, -0.25) is 0 Å². The molecule has 0 aliphatic heterocycles. The summed E-state index contributed by atoms with van der Waals surface area (Å²) >= 11 is 3.50. The first-order valence-corrected chi connectivity index (χ1v) is 6.07. The van der Waals surface area contributed by atoms with Crippen LogP contribution in [0.25, 0.3) is 0 Å². The largest absolute Gasteiger partial charge is 0.493 e. The standard InChI is InChI=1S/C12H16BrNO2/c1-14-12(4-5-12)9-6-8(13)7-10(15-2)11(9)16-3/h6-7,14H,4-5H2,1-3H3. The molecule has 0 atom stereocenters. The van der Waals surface area contributed by atoms with Gasteiger partial charge >= 0.3 is 0 Å². The maximum atomic E-state index is 5.46. The SMILES string of the molecule is CNC1(c2cc(Br)cc(OC)c2OC)CC1. The van der Waals surface area contributed by atoms with Crippen molar-refractivity contribution in [3.8, 4) is 11.5 Å². The lowest BCUT2D eigenvalue weighted by molar-refractivity contribution is 0.346. The van der Waals surface area contributed by atoms with Gasteiger partial charge in [-0.2, -0.15) is 0 Å². The van der Waals surface area contributed by atoms with Gasteiger partial charge in [-0.05, 0) is 32.0 Å². The molecule has 2 rings (SSSR count). The predicted octanol–water partition coefficient (Wildman–Crippen LogP) is 2.67. The van der Waals surface area contributed by atoms with Crippen molar-refractivity contribution < 1.29 is 9.47 Å². The van der Waals surface area contributed by atoms with Gasteiger partial charge in [0.1, 0.15) is 0 Å². The van der Waals surface area contributed by atoms with Gasteiger partial charge in [0, 0.05) is 15.6 Å². The third-order valence-corrected chi connectivity index (χ3v) is 3.65. The van der Waals surface area contributed by atoms with Gasteiger partial charge in [-0.25, -0.2) is 0 Å². The number of rotatable bonds is 4. The molecule has 1 N–H and O–H groups in total. The Hall–Kier alpha value is -0.740. The average Bonchev–Trinajstić information content (AvgIpc) is 3.08. The minimum atomic E-state index is 0.0718. The van der Waals surface area contributed by atoms with E-state index in [0.717, 1.165) is 28.8 Å². The van der Waals surface area contributed by atoms with Crippen LogP contribution in [0.2, 0.25) is 0 Å². The first kappa shape index (κ1) is 11.7. The van der Waals surface area contributed by atoms with E-state index >= 15 is 0 Å². The molecule has 16 heavy (non-hydrogen) atoms. The van der Waals surface area contributed by atoms with E-state index in [2.05, 4.69) is 27.3 Å². The van der Waals surface area contributed by atoms with Crippen molar-refractivity contribution in [1.82, 2.24) is 5.32 Å². The fourth-order valence-corrected chi connectivity index (χ4v) is 2.50. The number of benzene rings is 1. The van der Waals surface area contributed by atoms with Crippen LogP contribution in [0.15, 0.2) is 16.6 Å². The molecule has 0 bridgehead atoms. The van der Waals surface area contributed by atoms with E-state index in [1.165, 1.54) is 5.56 Å². The summed E-state index contributed by atoms with van der Waals surface area (Å²) in [6.07, 6.45) is 2.28. The van der Waals surface area contributed by atoms with Crippen molar-refractivity contribution in [3.63, 3.8) is 0 Å². The van der Waals surface area contributed by atoms with Gasteiger partial charge in [0.2, 0.25) is 0 Å². The van der Waals surface area contributed by atoms with Gasteiger partial charge in [0.15, 0.2) is 11.5 Å². The molecule has 0 amide bonds. The topological polar surface area (TPSA) is 30.5 Å². The van der Waals surface area contributed by atoms with E-state index in [-0.39, 0.29) is 5.54 Å². The summed E-state index contributed by atoms with van der Waals surface area (Å²) in [5.74, 6) is 1.60. The van der Waals surface area contributed by atoms with Crippen LogP contribution in [0.5, 0.6) is 11.5 Å². The summed E-state index contributed by atoms with van der Waals surface area (Å²) < 4.78 is 11.8. The number of nitrogens with one attached hydrogen (secondary N) is 1. The lowest BCUT2D eigenvalue weighted by atomic mass is 10.0. The third-order valence-electron chi connectivity index (χ3n) is 3.19. The maximum absolute atomic E-state index is 5.46. The molecule has 1 saturated carbocycles. The summed E-state index contributed by atoms with van der Waals surface area (Å²) in [6, 6.07) is 4.03. The molecule has 0 saturated heterocycles. The quantitative estimate of drug-likeness (QED) is 0.923. The number of halogens is 1. The zero-order chi connectivity index (χ0) is 11.8. The highest BCUT2D eigenvalue weighted by atomic mass is 79.9. The molecule has 0 radical (unpaired) electrons. The lowest BCUT2D eigenvalue weighted by Crippen LogP contribution is -2.25. The Labute approximate surface area is 104 Å². The molecule has 0 spiro atoms. The highest BCUT2D eigenvalue weighted by Crippen LogP contribution is 2.51. The predicted molar refractivity (Wildman–Crippen MR) is 67.2 cm³/mol. The minimum Gasteiger partial charge on any atom is -0.493 e. The third kappa shape index (κ3) is 1.80. The summed E-state index contributed by atoms with van der Waals surface area (Å²) in [7, 11) is 5.33. The van der Waals surface area contributed by atoms with E-state index in [1.807, 2.05) is 13.1 Å². The van der Waals surface area contributed by atoms with E-state index < -0.39 is 0 Å². The van der Waals surface area contributed by atoms with Crippen LogP contribution in [-0.4, -0.2) is 21.3 Å². The first-order chi connectivity index (χ1) is 7.66. The second kappa shape index (κ2) is 4.26. The summed E-state index contributed by atoms with van der Waals surface area (Å²) in [5.41, 5.74) is 1.24. The normalized spacial score (nSPS) is 17.0. The van der Waals surface area contributed by atoms with E-state index in [0.29, 0.717) is 0 Å². The van der Waals surface area contributed by atoms with Crippen molar-refractivity contribution in [2.45, 2.75) is 18.4 Å². The molecule has 4 heteroatoms. The highest BCUT2D eigenvalue weighted by Gasteiger charge is 2.45. The smallest absolute Gasteiger partial charge is 0.165 e. The van der Waals surface area contributed by atoms with Crippen LogP contribution < -0.4 is 14.8 Å². The number of ether oxygens (including phenoxy) is 2. The van der Waals surface area contributed by atoms with Gasteiger partial charge in [-0.15, -0.1) is 0 Å². The molecule has 0 unspecified atom stereocenters. The van der Waals surface area contributed by atoms with Crippen molar-refractivity contribution in [3.05, 3.63) is 22.2 Å². The summed E-state index contributed by atoms with van der Waals surface area (Å²) in [6.45, 7) is 0. The van der Waals surface area contributed by atoms with Gasteiger partial charge < -0.3 is 14.8 Å². The lowest BCUT2D eigenvalue weighted by Gasteiger charge is -2.20. The van der Waals surface area contributed by atoms with Crippen LogP contribution >= 0.6 is 15.9 Å². The second-order valence-corrected chi connectivity index (χ2v) is 4.94. The summed E-state index contributed by atoms with van der Waals surface area (Å²) in [4.78, 5) is 0. The van der Waals surface area contributed by atoms with Crippen LogP contribution in [-0.2, 0) is 5.54 Å². The molecule has 1 aliphatic rings. The van der Waals surface area contributed by atoms with E-state index in [4.69, 9.17) is 9.47 Å². The Kier molecular flexibility index (Phi) is 3.13. The average molecular weight is 286 g/mol. The molecule has 88 valence electrons. The Morgan fingerprint density at radius 1 is 1.25 bits per heavy atom. The molecule has 1 aliphatic carbocycles. The molecule has 1 aromatic carbocycles. The Morgan fingerprint density at radius 2 is 1.94 bits per heavy atom. The van der Waals surface area contributed by atoms with Crippen molar-refractivity contribution in [2.24, 2.45) is 0 Å². The minimum absolute atomic E-state index is 0.0718. The van der Waals surface area contributed by atoms with Gasteiger partial charge in [0.05, 0.1) is 14.2 Å². The molecule has 1 fully saturated rings. The van der Waals surface area contributed by atoms with Crippen LogP contribution in [0, 0.1) is 0 Å². The van der Waals surface area contributed by atoms with Crippen molar-refractivity contribution >= 4 is 15.9 Å². The second-order valence-electron chi connectivity index (χ2n) is 4.02. The molecule has 0 aromatic heterocycles. The maximum Gasteiger partial charge on any atom is 0.165 e. The Morgan fingerprint density at radius 3 is 2.38 bits per heavy atom. The zero-order valence-electron chi connectivity index (χ0n) is 9.76. The van der Waals surface area contributed by atoms with E-state index in [1.54, 1.807) is 14.2 Å². The summed E-state index contributed by atoms with van der Waals surface area (Å²) in [5, 5.41) is 3.37. The Bertz CT molecular complexity index is 402. The number of hydrogen-bond acceptors (Lipinski definition) is 3. The van der Waals surface area contributed by atoms with Gasteiger partial charge in [-0.1, -0.05) is 15.9 Å².